The number of amides is 2. The zero-order chi connectivity index (χ0) is 17.9. The fraction of sp³-hybridized carbons (Fsp3) is 0.133. The number of hydrogen-bond donors (Lipinski definition) is 2. The molecular weight excluding hydrogens is 416 g/mol. The van der Waals surface area contributed by atoms with Crippen molar-refractivity contribution in [2.75, 3.05) is 5.32 Å². The lowest BCUT2D eigenvalue weighted by atomic mass is 10.2. The van der Waals surface area contributed by atoms with E-state index in [-0.39, 0.29) is 22.8 Å². The van der Waals surface area contributed by atoms with E-state index >= 15 is 0 Å². The number of rotatable bonds is 3. The molecule has 0 aliphatic heterocycles. The SMILES string of the molecule is O=C(NCc1cc(Br)ccc1F)Nc1cc(C(F)(F)F)ccc1Cl. The highest BCUT2D eigenvalue weighted by Crippen LogP contribution is 2.33. The Morgan fingerprint density at radius 1 is 1.17 bits per heavy atom. The molecule has 2 N–H and O–H groups in total. The number of alkyl halides is 3. The molecule has 0 aliphatic carbocycles. The Morgan fingerprint density at radius 3 is 2.54 bits per heavy atom. The Balaban J connectivity index is 2.06. The highest BCUT2D eigenvalue weighted by atomic mass is 79.9. The maximum Gasteiger partial charge on any atom is 0.416 e. The Labute approximate surface area is 148 Å². The zero-order valence-corrected chi connectivity index (χ0v) is 14.2. The van der Waals surface area contributed by atoms with Gasteiger partial charge in [-0.1, -0.05) is 27.5 Å². The summed E-state index contributed by atoms with van der Waals surface area (Å²) >= 11 is 8.95. The molecule has 0 bridgehead atoms. The summed E-state index contributed by atoms with van der Waals surface area (Å²) in [6.07, 6.45) is -4.56. The van der Waals surface area contributed by atoms with Crippen molar-refractivity contribution in [2.24, 2.45) is 0 Å². The molecule has 128 valence electrons. The van der Waals surface area contributed by atoms with Crippen LogP contribution in [0.25, 0.3) is 0 Å². The van der Waals surface area contributed by atoms with E-state index in [1.807, 2.05) is 0 Å². The van der Waals surface area contributed by atoms with Crippen LogP contribution < -0.4 is 10.6 Å². The van der Waals surface area contributed by atoms with Gasteiger partial charge >= 0.3 is 12.2 Å². The van der Waals surface area contributed by atoms with Crippen molar-refractivity contribution < 1.29 is 22.4 Å². The van der Waals surface area contributed by atoms with Crippen molar-refractivity contribution >= 4 is 39.2 Å². The number of nitrogens with one attached hydrogen (secondary N) is 2. The maximum atomic E-state index is 13.6. The molecule has 0 saturated heterocycles. The van der Waals surface area contributed by atoms with Crippen LogP contribution in [0.2, 0.25) is 5.02 Å². The topological polar surface area (TPSA) is 41.1 Å². The summed E-state index contributed by atoms with van der Waals surface area (Å²) in [5.41, 5.74) is -0.923. The van der Waals surface area contributed by atoms with Gasteiger partial charge in [0.25, 0.3) is 0 Å². The second kappa shape index (κ2) is 7.40. The predicted octanol–water partition coefficient (Wildman–Crippen LogP) is 5.58. The Kier molecular flexibility index (Phi) is 5.71. The number of benzene rings is 2. The molecule has 3 nitrogen and oxygen atoms in total. The van der Waals surface area contributed by atoms with Gasteiger partial charge in [-0.05, 0) is 36.4 Å². The first-order valence-corrected chi connectivity index (χ1v) is 7.69. The Morgan fingerprint density at radius 2 is 1.88 bits per heavy atom. The lowest BCUT2D eigenvalue weighted by Gasteiger charge is -2.12. The Hall–Kier alpha value is -1.80. The van der Waals surface area contributed by atoms with Gasteiger partial charge in [-0.25, -0.2) is 9.18 Å². The molecular formula is C15H10BrClF4N2O. The molecule has 0 atom stereocenters. The van der Waals surface area contributed by atoms with Crippen LogP contribution in [0.3, 0.4) is 0 Å². The van der Waals surface area contributed by atoms with E-state index in [9.17, 15) is 22.4 Å². The van der Waals surface area contributed by atoms with Gasteiger partial charge in [-0.2, -0.15) is 13.2 Å². The number of carbonyl (C=O) groups is 1. The predicted molar refractivity (Wildman–Crippen MR) is 86.4 cm³/mol. The van der Waals surface area contributed by atoms with Crippen LogP contribution in [0.4, 0.5) is 28.0 Å². The second-order valence-corrected chi connectivity index (χ2v) is 6.06. The fourth-order valence-electron chi connectivity index (χ4n) is 1.82. The molecule has 0 spiro atoms. The molecule has 24 heavy (non-hydrogen) atoms. The highest BCUT2D eigenvalue weighted by Gasteiger charge is 2.31. The minimum atomic E-state index is -4.56. The smallest absolute Gasteiger partial charge is 0.334 e. The van der Waals surface area contributed by atoms with Crippen LogP contribution >= 0.6 is 27.5 Å². The van der Waals surface area contributed by atoms with E-state index in [2.05, 4.69) is 26.6 Å². The number of hydrogen-bond acceptors (Lipinski definition) is 1. The lowest BCUT2D eigenvalue weighted by molar-refractivity contribution is -0.137. The summed E-state index contributed by atoms with van der Waals surface area (Å²) in [6, 6.07) is 5.96. The number of carbonyl (C=O) groups excluding carboxylic acids is 1. The third kappa shape index (κ3) is 4.85. The average molecular weight is 426 g/mol. The number of urea groups is 1. The van der Waals surface area contributed by atoms with E-state index in [4.69, 9.17) is 11.6 Å². The summed E-state index contributed by atoms with van der Waals surface area (Å²) in [5.74, 6) is -0.518. The summed E-state index contributed by atoms with van der Waals surface area (Å²) < 4.78 is 52.2. The monoisotopic (exact) mass is 424 g/mol. The minimum Gasteiger partial charge on any atom is -0.334 e. The molecule has 0 aromatic heterocycles. The zero-order valence-electron chi connectivity index (χ0n) is 11.8. The second-order valence-electron chi connectivity index (χ2n) is 4.74. The third-order valence-electron chi connectivity index (χ3n) is 2.99. The first kappa shape index (κ1) is 18.5. The summed E-state index contributed by atoms with van der Waals surface area (Å²) in [5, 5.41) is 4.51. The van der Waals surface area contributed by atoms with Crippen molar-refractivity contribution in [2.45, 2.75) is 12.7 Å². The summed E-state index contributed by atoms with van der Waals surface area (Å²) in [7, 11) is 0. The van der Waals surface area contributed by atoms with Crippen LogP contribution in [0.5, 0.6) is 0 Å². The van der Waals surface area contributed by atoms with E-state index < -0.39 is 23.6 Å². The number of anilines is 1. The molecule has 2 rings (SSSR count). The van der Waals surface area contributed by atoms with E-state index in [1.54, 1.807) is 0 Å². The standard InChI is InChI=1S/C15H10BrClF4N2O/c16-10-2-4-12(18)8(5-10)7-22-14(24)23-13-6-9(15(19,20)21)1-3-11(13)17/h1-6H,7H2,(H2,22,23,24). The first-order valence-electron chi connectivity index (χ1n) is 6.52. The van der Waals surface area contributed by atoms with Crippen LogP contribution in [0.1, 0.15) is 11.1 Å². The van der Waals surface area contributed by atoms with Gasteiger partial charge in [0.15, 0.2) is 0 Å². The molecule has 0 unspecified atom stereocenters. The lowest BCUT2D eigenvalue weighted by Crippen LogP contribution is -2.28. The van der Waals surface area contributed by atoms with Crippen LogP contribution in [-0.2, 0) is 12.7 Å². The summed E-state index contributed by atoms with van der Waals surface area (Å²) in [6.45, 7) is -0.145. The van der Waals surface area contributed by atoms with Gasteiger partial charge in [-0.15, -0.1) is 0 Å². The summed E-state index contributed by atoms with van der Waals surface area (Å²) in [4.78, 5) is 11.8. The molecule has 9 heteroatoms. The van der Waals surface area contributed by atoms with E-state index in [0.29, 0.717) is 4.47 Å². The van der Waals surface area contributed by atoms with Crippen molar-refractivity contribution in [1.82, 2.24) is 5.32 Å². The van der Waals surface area contributed by atoms with E-state index in [0.717, 1.165) is 18.2 Å². The molecule has 0 aliphatic rings. The van der Waals surface area contributed by atoms with Crippen molar-refractivity contribution in [3.63, 3.8) is 0 Å². The van der Waals surface area contributed by atoms with Crippen molar-refractivity contribution in [3.05, 3.63) is 62.8 Å². The Bertz CT molecular complexity index is 768. The third-order valence-corrected chi connectivity index (χ3v) is 3.81. The molecule has 0 heterocycles. The molecule has 2 aromatic carbocycles. The highest BCUT2D eigenvalue weighted by molar-refractivity contribution is 9.10. The van der Waals surface area contributed by atoms with Gasteiger partial charge in [0.05, 0.1) is 16.3 Å². The molecule has 0 radical (unpaired) electrons. The largest absolute Gasteiger partial charge is 0.416 e. The number of halogens is 6. The van der Waals surface area contributed by atoms with Gasteiger partial charge in [0.2, 0.25) is 0 Å². The van der Waals surface area contributed by atoms with Crippen LogP contribution in [0.15, 0.2) is 40.9 Å². The molecule has 2 amide bonds. The molecule has 2 aromatic rings. The van der Waals surface area contributed by atoms with Crippen molar-refractivity contribution in [1.29, 1.82) is 0 Å². The van der Waals surface area contributed by atoms with E-state index in [1.165, 1.54) is 18.2 Å². The molecule has 0 fully saturated rings. The van der Waals surface area contributed by atoms with Gasteiger partial charge in [0, 0.05) is 16.6 Å². The quantitative estimate of drug-likeness (QED) is 0.619. The first-order chi connectivity index (χ1) is 11.2. The van der Waals surface area contributed by atoms with Gasteiger partial charge in [-0.3, -0.25) is 0 Å². The van der Waals surface area contributed by atoms with Crippen molar-refractivity contribution in [3.8, 4) is 0 Å². The fourth-order valence-corrected chi connectivity index (χ4v) is 2.39. The average Bonchev–Trinajstić information content (AvgIpc) is 2.49. The van der Waals surface area contributed by atoms with Crippen LogP contribution in [-0.4, -0.2) is 6.03 Å². The van der Waals surface area contributed by atoms with Gasteiger partial charge < -0.3 is 10.6 Å². The minimum absolute atomic E-state index is 0.0493. The maximum absolute atomic E-state index is 13.6. The molecule has 0 saturated carbocycles. The van der Waals surface area contributed by atoms with Gasteiger partial charge in [0.1, 0.15) is 5.82 Å². The van der Waals surface area contributed by atoms with Crippen LogP contribution in [0, 0.1) is 5.82 Å². The normalized spacial score (nSPS) is 11.2.